The molecular formula is C14H27N3O2. The molecule has 2 unspecified atom stereocenters. The van der Waals surface area contributed by atoms with Gasteiger partial charge in [0.1, 0.15) is 0 Å². The third-order valence-electron chi connectivity index (χ3n) is 3.52. The van der Waals surface area contributed by atoms with Crippen molar-refractivity contribution in [3.05, 3.63) is 0 Å². The summed E-state index contributed by atoms with van der Waals surface area (Å²) in [6, 6.07) is -0.137. The van der Waals surface area contributed by atoms with E-state index < -0.39 is 0 Å². The second-order valence-corrected chi connectivity index (χ2v) is 5.39. The molecule has 0 aromatic carbocycles. The average Bonchev–Trinajstić information content (AvgIpc) is 2.89. The number of nitrogens with one attached hydrogen (secondary N) is 2. The minimum atomic E-state index is -0.328. The van der Waals surface area contributed by atoms with Crippen LogP contribution in [-0.2, 0) is 9.59 Å². The van der Waals surface area contributed by atoms with Crippen LogP contribution in [0, 0.1) is 0 Å². The van der Waals surface area contributed by atoms with Crippen molar-refractivity contribution in [1.29, 1.82) is 0 Å². The van der Waals surface area contributed by atoms with Gasteiger partial charge in [0, 0.05) is 19.1 Å². The number of rotatable bonds is 7. The highest BCUT2D eigenvalue weighted by atomic mass is 16.2. The molecule has 0 radical (unpaired) electrons. The Balaban J connectivity index is 2.23. The molecular weight excluding hydrogens is 242 g/mol. The first-order valence-electron chi connectivity index (χ1n) is 7.36. The Kier molecular flexibility index (Phi) is 6.84. The number of hydrogen-bond donors (Lipinski definition) is 2. The van der Waals surface area contributed by atoms with Crippen LogP contribution in [0.3, 0.4) is 0 Å². The summed E-state index contributed by atoms with van der Waals surface area (Å²) >= 11 is 0. The van der Waals surface area contributed by atoms with E-state index in [1.54, 1.807) is 6.92 Å². The van der Waals surface area contributed by atoms with E-state index in [1.807, 2.05) is 11.8 Å². The zero-order chi connectivity index (χ0) is 14.3. The molecule has 2 atom stereocenters. The summed E-state index contributed by atoms with van der Waals surface area (Å²) in [5.41, 5.74) is 0. The molecule has 5 nitrogen and oxygen atoms in total. The number of hydrogen-bond acceptors (Lipinski definition) is 3. The van der Waals surface area contributed by atoms with Crippen molar-refractivity contribution >= 4 is 11.8 Å². The third-order valence-corrected chi connectivity index (χ3v) is 3.52. The molecule has 0 aliphatic carbocycles. The lowest BCUT2D eigenvalue weighted by molar-refractivity contribution is -0.129. The SMILES string of the molecule is CCCC(C)NC(=O)C(C)NCC(=O)N1CCCC1. The van der Waals surface area contributed by atoms with Gasteiger partial charge in [-0.25, -0.2) is 0 Å². The van der Waals surface area contributed by atoms with E-state index in [2.05, 4.69) is 17.6 Å². The summed E-state index contributed by atoms with van der Waals surface area (Å²) in [5.74, 6) is 0.0638. The number of carbonyl (C=O) groups is 2. The Morgan fingerprint density at radius 2 is 1.84 bits per heavy atom. The Morgan fingerprint density at radius 1 is 1.21 bits per heavy atom. The van der Waals surface area contributed by atoms with Crippen molar-refractivity contribution in [2.75, 3.05) is 19.6 Å². The smallest absolute Gasteiger partial charge is 0.237 e. The molecule has 1 aliphatic rings. The maximum atomic E-state index is 11.9. The zero-order valence-corrected chi connectivity index (χ0v) is 12.4. The van der Waals surface area contributed by atoms with Crippen LogP contribution in [0.1, 0.15) is 46.5 Å². The highest BCUT2D eigenvalue weighted by Crippen LogP contribution is 2.06. The summed E-state index contributed by atoms with van der Waals surface area (Å²) < 4.78 is 0. The molecule has 1 saturated heterocycles. The predicted molar refractivity (Wildman–Crippen MR) is 75.8 cm³/mol. The fraction of sp³-hybridized carbons (Fsp3) is 0.857. The van der Waals surface area contributed by atoms with Gasteiger partial charge in [-0.3, -0.25) is 14.9 Å². The zero-order valence-electron chi connectivity index (χ0n) is 12.4. The van der Waals surface area contributed by atoms with Crippen LogP contribution in [0.2, 0.25) is 0 Å². The molecule has 0 aromatic heterocycles. The maximum absolute atomic E-state index is 11.9. The van der Waals surface area contributed by atoms with E-state index in [0.717, 1.165) is 38.8 Å². The molecule has 5 heteroatoms. The van der Waals surface area contributed by atoms with Crippen molar-refractivity contribution < 1.29 is 9.59 Å². The van der Waals surface area contributed by atoms with Crippen LogP contribution < -0.4 is 10.6 Å². The largest absolute Gasteiger partial charge is 0.352 e. The second kappa shape index (κ2) is 8.15. The molecule has 0 spiro atoms. The lowest BCUT2D eigenvalue weighted by Crippen LogP contribution is -2.48. The lowest BCUT2D eigenvalue weighted by Gasteiger charge is -2.20. The first kappa shape index (κ1) is 16.0. The highest BCUT2D eigenvalue weighted by molar-refractivity contribution is 5.83. The van der Waals surface area contributed by atoms with E-state index in [9.17, 15) is 9.59 Å². The van der Waals surface area contributed by atoms with Gasteiger partial charge in [0.2, 0.25) is 11.8 Å². The summed E-state index contributed by atoms with van der Waals surface area (Å²) in [4.78, 5) is 25.6. The topological polar surface area (TPSA) is 61.4 Å². The molecule has 0 saturated carbocycles. The molecule has 1 heterocycles. The Hall–Kier alpha value is -1.10. The summed E-state index contributed by atoms with van der Waals surface area (Å²) in [6.45, 7) is 7.85. The molecule has 2 N–H and O–H groups in total. The lowest BCUT2D eigenvalue weighted by atomic mass is 10.2. The Bertz CT molecular complexity index is 301. The van der Waals surface area contributed by atoms with Crippen LogP contribution in [0.15, 0.2) is 0 Å². The monoisotopic (exact) mass is 269 g/mol. The fourth-order valence-corrected chi connectivity index (χ4v) is 2.28. The Morgan fingerprint density at radius 3 is 2.42 bits per heavy atom. The van der Waals surface area contributed by atoms with E-state index in [1.165, 1.54) is 0 Å². The van der Waals surface area contributed by atoms with Crippen molar-refractivity contribution in [3.63, 3.8) is 0 Å². The number of carbonyl (C=O) groups excluding carboxylic acids is 2. The van der Waals surface area contributed by atoms with Gasteiger partial charge in [-0.05, 0) is 33.1 Å². The van der Waals surface area contributed by atoms with Crippen LogP contribution >= 0.6 is 0 Å². The van der Waals surface area contributed by atoms with Gasteiger partial charge in [0.05, 0.1) is 12.6 Å². The van der Waals surface area contributed by atoms with Crippen molar-refractivity contribution in [1.82, 2.24) is 15.5 Å². The van der Waals surface area contributed by atoms with Gasteiger partial charge < -0.3 is 10.2 Å². The van der Waals surface area contributed by atoms with Crippen molar-refractivity contribution in [2.24, 2.45) is 0 Å². The van der Waals surface area contributed by atoms with Crippen LogP contribution in [0.4, 0.5) is 0 Å². The highest BCUT2D eigenvalue weighted by Gasteiger charge is 2.20. The number of likely N-dealkylation sites (tertiary alicyclic amines) is 1. The fourth-order valence-electron chi connectivity index (χ4n) is 2.28. The van der Waals surface area contributed by atoms with Crippen LogP contribution in [-0.4, -0.2) is 48.4 Å². The normalized spacial score (nSPS) is 18.2. The second-order valence-electron chi connectivity index (χ2n) is 5.39. The number of amides is 2. The molecule has 0 aromatic rings. The molecule has 1 aliphatic heterocycles. The molecule has 19 heavy (non-hydrogen) atoms. The van der Waals surface area contributed by atoms with E-state index in [4.69, 9.17) is 0 Å². The summed E-state index contributed by atoms with van der Waals surface area (Å²) in [5, 5.41) is 5.95. The molecule has 2 amide bonds. The maximum Gasteiger partial charge on any atom is 0.237 e. The van der Waals surface area contributed by atoms with Crippen molar-refractivity contribution in [2.45, 2.75) is 58.5 Å². The van der Waals surface area contributed by atoms with Gasteiger partial charge in [-0.1, -0.05) is 13.3 Å². The van der Waals surface area contributed by atoms with Crippen molar-refractivity contribution in [3.8, 4) is 0 Å². The summed E-state index contributed by atoms with van der Waals surface area (Å²) in [7, 11) is 0. The molecule has 110 valence electrons. The van der Waals surface area contributed by atoms with E-state index in [-0.39, 0.29) is 30.4 Å². The van der Waals surface area contributed by atoms with Gasteiger partial charge in [0.25, 0.3) is 0 Å². The van der Waals surface area contributed by atoms with E-state index in [0.29, 0.717) is 0 Å². The predicted octanol–water partition coefficient (Wildman–Crippen LogP) is 0.892. The van der Waals surface area contributed by atoms with Crippen LogP contribution in [0.5, 0.6) is 0 Å². The molecule has 1 fully saturated rings. The summed E-state index contributed by atoms with van der Waals surface area (Å²) in [6.07, 6.45) is 4.22. The first-order valence-corrected chi connectivity index (χ1v) is 7.36. The number of nitrogens with zero attached hydrogens (tertiary/aromatic N) is 1. The van der Waals surface area contributed by atoms with Gasteiger partial charge in [-0.15, -0.1) is 0 Å². The van der Waals surface area contributed by atoms with E-state index >= 15 is 0 Å². The molecule has 1 rings (SSSR count). The van der Waals surface area contributed by atoms with Gasteiger partial charge in [-0.2, -0.15) is 0 Å². The van der Waals surface area contributed by atoms with Crippen LogP contribution in [0.25, 0.3) is 0 Å². The first-order chi connectivity index (χ1) is 9.04. The third kappa shape index (κ3) is 5.59. The quantitative estimate of drug-likeness (QED) is 0.721. The Labute approximate surface area is 116 Å². The standard InChI is InChI=1S/C14H27N3O2/c1-4-7-11(2)16-14(19)12(3)15-10-13(18)17-8-5-6-9-17/h11-12,15H,4-10H2,1-3H3,(H,16,19). The molecule has 0 bridgehead atoms. The van der Waals surface area contributed by atoms with Gasteiger partial charge >= 0.3 is 0 Å². The minimum absolute atomic E-state index is 0.0322. The minimum Gasteiger partial charge on any atom is -0.352 e. The average molecular weight is 269 g/mol. The van der Waals surface area contributed by atoms with Gasteiger partial charge in [0.15, 0.2) is 0 Å².